The predicted octanol–water partition coefficient (Wildman–Crippen LogP) is 1.68. The number of hydrogen-bond acceptors (Lipinski definition) is 6. The Bertz CT molecular complexity index is 672. The first-order chi connectivity index (χ1) is 10.8. The molecule has 22 heavy (non-hydrogen) atoms. The van der Waals surface area contributed by atoms with Crippen LogP contribution < -0.4 is 14.5 Å². The number of rotatable bonds is 3. The molecule has 0 aromatic carbocycles. The first kappa shape index (κ1) is 14.1. The average molecular weight is 295 g/mol. The molecule has 1 aliphatic heterocycles. The Balaban J connectivity index is 1.65. The molecule has 6 heteroatoms. The van der Waals surface area contributed by atoms with Crippen LogP contribution in [-0.4, -0.2) is 43.3 Å². The molecule has 2 aromatic rings. The minimum absolute atomic E-state index is 0.588. The number of anilines is 2. The van der Waals surface area contributed by atoms with Crippen LogP contribution in [-0.2, 0) is 0 Å². The fraction of sp³-hybridized carbons (Fsp3) is 0.312. The van der Waals surface area contributed by atoms with Gasteiger partial charge in [-0.05, 0) is 12.1 Å². The van der Waals surface area contributed by atoms with Crippen molar-refractivity contribution in [1.29, 1.82) is 5.26 Å². The van der Waals surface area contributed by atoms with Gasteiger partial charge in [-0.25, -0.2) is 4.98 Å². The Labute approximate surface area is 129 Å². The Morgan fingerprint density at radius 1 is 1.09 bits per heavy atom. The Kier molecular flexibility index (Phi) is 4.05. The summed E-state index contributed by atoms with van der Waals surface area (Å²) >= 11 is 0. The third-order valence-corrected chi connectivity index (χ3v) is 3.78. The van der Waals surface area contributed by atoms with Crippen LogP contribution in [0.4, 0.5) is 11.5 Å². The van der Waals surface area contributed by atoms with Crippen LogP contribution in [0.3, 0.4) is 0 Å². The molecule has 0 aliphatic carbocycles. The van der Waals surface area contributed by atoms with Gasteiger partial charge in [-0.15, -0.1) is 0 Å². The molecule has 0 N–H and O–H groups in total. The minimum atomic E-state index is 0.588. The van der Waals surface area contributed by atoms with Crippen LogP contribution in [0.5, 0.6) is 5.75 Å². The molecule has 0 unspecified atom stereocenters. The van der Waals surface area contributed by atoms with Gasteiger partial charge in [0.15, 0.2) is 0 Å². The van der Waals surface area contributed by atoms with Crippen molar-refractivity contribution in [2.45, 2.75) is 0 Å². The van der Waals surface area contributed by atoms with Crippen LogP contribution in [0, 0.1) is 11.3 Å². The fourth-order valence-electron chi connectivity index (χ4n) is 2.52. The summed E-state index contributed by atoms with van der Waals surface area (Å²) in [5.74, 6) is 1.69. The monoisotopic (exact) mass is 295 g/mol. The highest BCUT2D eigenvalue weighted by molar-refractivity contribution is 5.51. The summed E-state index contributed by atoms with van der Waals surface area (Å²) in [7, 11) is 1.65. The van der Waals surface area contributed by atoms with E-state index < -0.39 is 0 Å². The number of nitrogens with zero attached hydrogens (tertiary/aromatic N) is 5. The van der Waals surface area contributed by atoms with Crippen LogP contribution in [0.25, 0.3) is 0 Å². The summed E-state index contributed by atoms with van der Waals surface area (Å²) < 4.78 is 5.22. The maximum absolute atomic E-state index is 8.82. The first-order valence-corrected chi connectivity index (χ1v) is 7.15. The van der Waals surface area contributed by atoms with E-state index in [0.717, 1.165) is 43.4 Å². The van der Waals surface area contributed by atoms with Gasteiger partial charge in [0.25, 0.3) is 0 Å². The number of aromatic nitrogens is 2. The molecule has 112 valence electrons. The van der Waals surface area contributed by atoms with Crippen LogP contribution in [0.1, 0.15) is 5.56 Å². The summed E-state index contributed by atoms with van der Waals surface area (Å²) in [5, 5.41) is 8.82. The van der Waals surface area contributed by atoms with Gasteiger partial charge in [0.1, 0.15) is 17.6 Å². The van der Waals surface area contributed by atoms with Gasteiger partial charge in [-0.3, -0.25) is 4.98 Å². The van der Waals surface area contributed by atoms with Crippen molar-refractivity contribution < 1.29 is 4.74 Å². The second-order valence-corrected chi connectivity index (χ2v) is 5.07. The van der Waals surface area contributed by atoms with Crippen molar-refractivity contribution in [3.05, 3.63) is 42.4 Å². The summed E-state index contributed by atoms with van der Waals surface area (Å²) in [6.45, 7) is 3.57. The van der Waals surface area contributed by atoms with Crippen molar-refractivity contribution in [3.8, 4) is 11.8 Å². The third kappa shape index (κ3) is 2.93. The molecule has 0 spiro atoms. The van der Waals surface area contributed by atoms with Gasteiger partial charge in [0, 0.05) is 38.4 Å². The highest BCUT2D eigenvalue weighted by atomic mass is 16.5. The lowest BCUT2D eigenvalue weighted by molar-refractivity contribution is 0.413. The van der Waals surface area contributed by atoms with E-state index in [1.807, 2.05) is 18.3 Å². The summed E-state index contributed by atoms with van der Waals surface area (Å²) in [6.07, 6.45) is 5.19. The molecule has 1 saturated heterocycles. The quantitative estimate of drug-likeness (QED) is 0.858. The van der Waals surface area contributed by atoms with Gasteiger partial charge in [-0.2, -0.15) is 5.26 Å². The summed E-state index contributed by atoms with van der Waals surface area (Å²) in [6, 6.07) is 7.80. The van der Waals surface area contributed by atoms with E-state index in [-0.39, 0.29) is 0 Å². The van der Waals surface area contributed by atoms with E-state index in [1.165, 1.54) is 0 Å². The van der Waals surface area contributed by atoms with Gasteiger partial charge >= 0.3 is 0 Å². The molecule has 0 radical (unpaired) electrons. The van der Waals surface area contributed by atoms with Gasteiger partial charge in [0.2, 0.25) is 0 Å². The average Bonchev–Trinajstić information content (AvgIpc) is 2.62. The molecular weight excluding hydrogens is 278 g/mol. The number of hydrogen-bond donors (Lipinski definition) is 0. The maximum atomic E-state index is 8.82. The zero-order valence-corrected chi connectivity index (χ0v) is 12.4. The van der Waals surface area contributed by atoms with E-state index in [9.17, 15) is 0 Å². The Hall–Kier alpha value is -2.81. The van der Waals surface area contributed by atoms with E-state index in [4.69, 9.17) is 10.00 Å². The maximum Gasteiger partial charge on any atom is 0.139 e. The van der Waals surface area contributed by atoms with Gasteiger partial charge in [0.05, 0.1) is 30.8 Å². The van der Waals surface area contributed by atoms with Crippen molar-refractivity contribution in [2.75, 3.05) is 43.1 Å². The molecule has 0 bridgehead atoms. The SMILES string of the molecule is COc1cncc(N2CCN(c3ccc(C#N)cn3)CC2)c1. The number of piperazine rings is 1. The third-order valence-electron chi connectivity index (χ3n) is 3.78. The van der Waals surface area contributed by atoms with Gasteiger partial charge < -0.3 is 14.5 Å². The van der Waals surface area contributed by atoms with Gasteiger partial charge in [-0.1, -0.05) is 0 Å². The molecule has 0 amide bonds. The zero-order valence-electron chi connectivity index (χ0n) is 12.4. The lowest BCUT2D eigenvalue weighted by atomic mass is 10.2. The molecule has 6 nitrogen and oxygen atoms in total. The molecule has 3 rings (SSSR count). The molecule has 0 saturated carbocycles. The smallest absolute Gasteiger partial charge is 0.139 e. The Morgan fingerprint density at radius 2 is 1.86 bits per heavy atom. The van der Waals surface area contributed by atoms with Crippen molar-refractivity contribution in [2.24, 2.45) is 0 Å². The van der Waals surface area contributed by atoms with E-state index in [1.54, 1.807) is 25.6 Å². The van der Waals surface area contributed by atoms with Crippen molar-refractivity contribution in [3.63, 3.8) is 0 Å². The molecule has 1 aliphatic rings. The lowest BCUT2D eigenvalue weighted by Crippen LogP contribution is -2.46. The standard InChI is InChI=1S/C16H17N5O/c1-22-15-8-14(11-18-12-15)20-4-6-21(7-5-20)16-3-2-13(9-17)10-19-16/h2-3,8,10-12H,4-7H2,1H3. The highest BCUT2D eigenvalue weighted by Gasteiger charge is 2.18. The number of nitriles is 1. The summed E-state index contributed by atoms with van der Waals surface area (Å²) in [5.41, 5.74) is 1.66. The lowest BCUT2D eigenvalue weighted by Gasteiger charge is -2.36. The molecular formula is C16H17N5O. The highest BCUT2D eigenvalue weighted by Crippen LogP contribution is 2.22. The molecule has 1 fully saturated rings. The topological polar surface area (TPSA) is 65.3 Å². The van der Waals surface area contributed by atoms with E-state index >= 15 is 0 Å². The van der Waals surface area contributed by atoms with Crippen LogP contribution >= 0.6 is 0 Å². The number of methoxy groups -OCH3 is 1. The minimum Gasteiger partial charge on any atom is -0.495 e. The first-order valence-electron chi connectivity index (χ1n) is 7.15. The number of ether oxygens (including phenoxy) is 1. The second kappa shape index (κ2) is 6.31. The Morgan fingerprint density at radius 3 is 2.50 bits per heavy atom. The molecule has 3 heterocycles. The second-order valence-electron chi connectivity index (χ2n) is 5.07. The molecule has 2 aromatic heterocycles. The predicted molar refractivity (Wildman–Crippen MR) is 84.2 cm³/mol. The largest absolute Gasteiger partial charge is 0.495 e. The number of pyridine rings is 2. The van der Waals surface area contributed by atoms with Crippen molar-refractivity contribution in [1.82, 2.24) is 9.97 Å². The fourth-order valence-corrected chi connectivity index (χ4v) is 2.52. The zero-order chi connectivity index (χ0) is 15.4. The normalized spacial score (nSPS) is 14.5. The van der Waals surface area contributed by atoms with E-state index in [0.29, 0.717) is 5.56 Å². The van der Waals surface area contributed by atoms with Crippen LogP contribution in [0.2, 0.25) is 0 Å². The molecule has 0 atom stereocenters. The van der Waals surface area contributed by atoms with E-state index in [2.05, 4.69) is 25.8 Å². The summed E-state index contributed by atoms with van der Waals surface area (Å²) in [4.78, 5) is 13.1. The van der Waals surface area contributed by atoms with Crippen LogP contribution in [0.15, 0.2) is 36.8 Å². The van der Waals surface area contributed by atoms with Crippen molar-refractivity contribution >= 4 is 11.5 Å².